The Balaban J connectivity index is -0.000000271. The van der Waals surface area contributed by atoms with Gasteiger partial charge in [-0.05, 0) is 23.8 Å². The first-order valence-electron chi connectivity index (χ1n) is 7.85. The number of hydrogen-bond donors (Lipinski definition) is 0. The molecule has 0 aliphatic rings. The summed E-state index contributed by atoms with van der Waals surface area (Å²) in [5.74, 6) is 0. The largest absolute Gasteiger partial charge is 0.307 e. The number of hydrogen-bond acceptors (Lipinski definition) is 5. The molecule has 3 rings (SSSR count). The Morgan fingerprint density at radius 1 is 0.367 bits per heavy atom. The number of benzene rings is 3. The maximum Gasteiger partial charge on any atom is 0.106 e. The standard InChI is InChI=1S/C18H15P.5CH2O.W/c1-4-10-16(11-5-1)19(17-12-6-2-7-13-17)18-14-8-3-9-15-18;5*1-2;/h1-15H;5*1H2;. The average molecular weight is 596 g/mol. The fourth-order valence-corrected chi connectivity index (χ4v) is 4.48. The second-order valence-electron chi connectivity index (χ2n) is 4.34. The summed E-state index contributed by atoms with van der Waals surface area (Å²) in [5.41, 5.74) is 0. The van der Waals surface area contributed by atoms with Gasteiger partial charge in [0.1, 0.15) is 33.9 Å². The Bertz CT molecular complexity index is 612. The first kappa shape index (κ1) is 34.6. The van der Waals surface area contributed by atoms with Crippen LogP contribution in [0.1, 0.15) is 0 Å². The zero-order valence-electron chi connectivity index (χ0n) is 16.6. The molecular weight excluding hydrogens is 571 g/mol. The molecule has 0 aromatic heterocycles. The summed E-state index contributed by atoms with van der Waals surface area (Å²) in [6, 6.07) is 32.3. The van der Waals surface area contributed by atoms with Crippen molar-refractivity contribution >= 4 is 57.8 Å². The van der Waals surface area contributed by atoms with Crippen molar-refractivity contribution in [2.75, 3.05) is 0 Å². The van der Waals surface area contributed by atoms with E-state index < -0.39 is 7.92 Å². The van der Waals surface area contributed by atoms with E-state index >= 15 is 0 Å². The third-order valence-electron chi connectivity index (χ3n) is 3.04. The normalized spacial score (nSPS) is 7.37. The summed E-state index contributed by atoms with van der Waals surface area (Å²) >= 11 is 0. The molecule has 0 aliphatic heterocycles. The van der Waals surface area contributed by atoms with Crippen molar-refractivity contribution in [3.63, 3.8) is 0 Å². The molecule has 30 heavy (non-hydrogen) atoms. The van der Waals surface area contributed by atoms with Crippen molar-refractivity contribution < 1.29 is 45.0 Å². The van der Waals surface area contributed by atoms with E-state index in [1.807, 2.05) is 33.9 Å². The Hall–Kier alpha value is -2.87. The molecule has 3 aromatic rings. The molecule has 0 saturated carbocycles. The molecule has 0 saturated heterocycles. The number of carbonyl (C=O) groups excluding carboxylic acids is 5. The Morgan fingerprint density at radius 2 is 0.533 bits per heavy atom. The summed E-state index contributed by atoms with van der Waals surface area (Å²) in [7, 11) is -0.446. The fourth-order valence-electron chi connectivity index (χ4n) is 2.18. The predicted molar refractivity (Wildman–Crippen MR) is 121 cm³/mol. The van der Waals surface area contributed by atoms with E-state index in [9.17, 15) is 0 Å². The molecule has 158 valence electrons. The van der Waals surface area contributed by atoms with Gasteiger partial charge in [0.15, 0.2) is 0 Å². The smallest absolute Gasteiger partial charge is 0.106 e. The van der Waals surface area contributed by atoms with Gasteiger partial charge in [0.05, 0.1) is 0 Å². The van der Waals surface area contributed by atoms with Gasteiger partial charge in [-0.3, -0.25) is 0 Å². The quantitative estimate of drug-likeness (QED) is 0.435. The number of carbonyl (C=O) groups is 5. The van der Waals surface area contributed by atoms with Crippen molar-refractivity contribution in [3.05, 3.63) is 91.0 Å². The Labute approximate surface area is 193 Å². The minimum atomic E-state index is -0.446. The van der Waals surface area contributed by atoms with Crippen molar-refractivity contribution in [2.45, 2.75) is 0 Å². The maximum absolute atomic E-state index is 8.00. The minimum absolute atomic E-state index is 0. The van der Waals surface area contributed by atoms with Crippen LogP contribution in [-0.2, 0) is 45.0 Å². The molecule has 0 spiro atoms. The van der Waals surface area contributed by atoms with Crippen LogP contribution in [0.15, 0.2) is 91.0 Å². The van der Waals surface area contributed by atoms with Crippen molar-refractivity contribution in [1.29, 1.82) is 0 Å². The van der Waals surface area contributed by atoms with Gasteiger partial charge in [-0.25, -0.2) is 0 Å². The molecule has 0 N–H and O–H groups in total. The second-order valence-corrected chi connectivity index (χ2v) is 6.56. The van der Waals surface area contributed by atoms with Crippen LogP contribution in [0.2, 0.25) is 0 Å². The summed E-state index contributed by atoms with van der Waals surface area (Å²) in [6.07, 6.45) is 0. The topological polar surface area (TPSA) is 85.3 Å². The van der Waals surface area contributed by atoms with Crippen LogP contribution in [0.3, 0.4) is 0 Å². The van der Waals surface area contributed by atoms with Crippen molar-refractivity contribution in [2.24, 2.45) is 0 Å². The molecule has 0 unspecified atom stereocenters. The van der Waals surface area contributed by atoms with Gasteiger partial charge in [-0.15, -0.1) is 0 Å². The summed E-state index contributed by atoms with van der Waals surface area (Å²) in [4.78, 5) is 40.0. The molecule has 0 amide bonds. The van der Waals surface area contributed by atoms with E-state index in [0.717, 1.165) is 0 Å². The van der Waals surface area contributed by atoms with E-state index in [0.29, 0.717) is 0 Å². The van der Waals surface area contributed by atoms with Gasteiger partial charge in [0.2, 0.25) is 0 Å². The molecular formula is C23H25O5PW. The average Bonchev–Trinajstić information content (AvgIpc) is 2.88. The maximum atomic E-state index is 8.00. The molecule has 0 heterocycles. The van der Waals surface area contributed by atoms with Crippen LogP contribution in [0.4, 0.5) is 0 Å². The van der Waals surface area contributed by atoms with Gasteiger partial charge in [0, 0.05) is 21.1 Å². The van der Waals surface area contributed by atoms with E-state index in [2.05, 4.69) is 91.0 Å². The van der Waals surface area contributed by atoms with Gasteiger partial charge in [-0.2, -0.15) is 0 Å². The molecule has 0 atom stereocenters. The van der Waals surface area contributed by atoms with E-state index in [-0.39, 0.29) is 21.1 Å². The first-order chi connectivity index (χ1) is 14.4. The molecule has 5 nitrogen and oxygen atoms in total. The second kappa shape index (κ2) is 28.3. The first-order valence-corrected chi connectivity index (χ1v) is 9.19. The fraction of sp³-hybridized carbons (Fsp3) is 0. The third-order valence-corrected chi connectivity index (χ3v) is 5.49. The number of rotatable bonds is 3. The van der Waals surface area contributed by atoms with Crippen molar-refractivity contribution in [3.8, 4) is 0 Å². The van der Waals surface area contributed by atoms with Crippen LogP contribution < -0.4 is 15.9 Å². The van der Waals surface area contributed by atoms with Crippen LogP contribution in [0.5, 0.6) is 0 Å². The van der Waals surface area contributed by atoms with E-state index in [1.165, 1.54) is 15.9 Å². The summed E-state index contributed by atoms with van der Waals surface area (Å²) < 4.78 is 0. The van der Waals surface area contributed by atoms with Crippen LogP contribution in [0, 0.1) is 0 Å². The third kappa shape index (κ3) is 13.3. The van der Waals surface area contributed by atoms with Gasteiger partial charge in [-0.1, -0.05) is 91.0 Å². The molecule has 0 bridgehead atoms. The van der Waals surface area contributed by atoms with Gasteiger partial charge in [0.25, 0.3) is 0 Å². The molecule has 0 radical (unpaired) electrons. The minimum Gasteiger partial charge on any atom is -0.307 e. The zero-order valence-corrected chi connectivity index (χ0v) is 20.4. The zero-order chi connectivity index (χ0) is 22.9. The van der Waals surface area contributed by atoms with Gasteiger partial charge < -0.3 is 24.0 Å². The van der Waals surface area contributed by atoms with Crippen molar-refractivity contribution in [1.82, 2.24) is 0 Å². The summed E-state index contributed by atoms with van der Waals surface area (Å²) in [6.45, 7) is 10.0. The molecule has 3 aromatic carbocycles. The monoisotopic (exact) mass is 596 g/mol. The predicted octanol–water partition coefficient (Wildman–Crippen LogP) is 2.52. The molecule has 0 aliphatic carbocycles. The molecule has 0 fully saturated rings. The molecule has 7 heteroatoms. The Kier molecular flexibility index (Phi) is 32.7. The van der Waals surface area contributed by atoms with Crippen LogP contribution in [-0.4, -0.2) is 33.9 Å². The van der Waals surface area contributed by atoms with Gasteiger partial charge >= 0.3 is 0 Å². The van der Waals surface area contributed by atoms with E-state index in [4.69, 9.17) is 24.0 Å². The summed E-state index contributed by atoms with van der Waals surface area (Å²) in [5, 5.41) is 4.19. The van der Waals surface area contributed by atoms with Crippen LogP contribution >= 0.6 is 7.92 Å². The van der Waals surface area contributed by atoms with Crippen LogP contribution in [0.25, 0.3) is 0 Å². The SMILES string of the molecule is C=O.C=O.C=O.C=O.C=O.[W].c1ccc(P(c2ccccc2)c2ccccc2)cc1. The Morgan fingerprint density at radius 3 is 0.700 bits per heavy atom. The van der Waals surface area contributed by atoms with E-state index in [1.54, 1.807) is 0 Å².